The van der Waals surface area contributed by atoms with Crippen LogP contribution < -0.4 is 0 Å². The molecule has 26 heavy (non-hydrogen) atoms. The van der Waals surface area contributed by atoms with Crippen molar-refractivity contribution in [1.82, 2.24) is 0 Å². The molecule has 7 heteroatoms. The molecule has 0 aromatic rings. The minimum absolute atomic E-state index is 0.00960. The molecule has 2 fully saturated rings. The van der Waals surface area contributed by atoms with Crippen LogP contribution >= 0.6 is 0 Å². The van der Waals surface area contributed by atoms with E-state index in [4.69, 9.17) is 9.16 Å². The summed E-state index contributed by atoms with van der Waals surface area (Å²) in [5.74, 6) is 0.623. The average molecular weight is 405 g/mol. The molecule has 152 valence electrons. The predicted octanol–water partition coefficient (Wildman–Crippen LogP) is 3.94. The van der Waals surface area contributed by atoms with E-state index in [2.05, 4.69) is 33.9 Å². The summed E-state index contributed by atoms with van der Waals surface area (Å²) >= 11 is 0. The summed E-state index contributed by atoms with van der Waals surface area (Å²) in [5.41, 5.74) is 0. The molecule has 0 aromatic carbocycles. The fourth-order valence-electron chi connectivity index (χ4n) is 3.46. The van der Waals surface area contributed by atoms with Gasteiger partial charge in [-0.05, 0) is 62.1 Å². The third-order valence-corrected chi connectivity index (χ3v) is 12.7. The van der Waals surface area contributed by atoms with Gasteiger partial charge in [-0.3, -0.25) is 4.79 Å². The highest BCUT2D eigenvalue weighted by Gasteiger charge is 2.38. The van der Waals surface area contributed by atoms with Gasteiger partial charge in [0, 0.05) is 13.0 Å². The van der Waals surface area contributed by atoms with Gasteiger partial charge in [-0.1, -0.05) is 20.8 Å². The Bertz CT molecular complexity index is 586. The van der Waals surface area contributed by atoms with Gasteiger partial charge in [0.2, 0.25) is 0 Å². The van der Waals surface area contributed by atoms with Crippen LogP contribution in [-0.4, -0.2) is 46.9 Å². The highest BCUT2D eigenvalue weighted by molar-refractivity contribution is 7.91. The van der Waals surface area contributed by atoms with Crippen LogP contribution in [0.2, 0.25) is 18.1 Å². The molecule has 1 heterocycles. The number of rotatable bonds is 6. The first-order valence-corrected chi connectivity index (χ1v) is 14.6. The molecule has 1 aliphatic heterocycles. The molecule has 1 saturated heterocycles. The number of hydrogen-bond acceptors (Lipinski definition) is 5. The second-order valence-electron chi connectivity index (χ2n) is 9.68. The molecule has 0 spiro atoms. The van der Waals surface area contributed by atoms with Crippen LogP contribution in [0.25, 0.3) is 0 Å². The normalized spacial score (nSPS) is 29.5. The Morgan fingerprint density at radius 1 is 1.04 bits per heavy atom. The van der Waals surface area contributed by atoms with Crippen molar-refractivity contribution in [2.45, 2.75) is 83.5 Å². The van der Waals surface area contributed by atoms with Crippen molar-refractivity contribution in [3.63, 3.8) is 0 Å². The van der Waals surface area contributed by atoms with Gasteiger partial charge in [0.15, 0.2) is 18.2 Å². The van der Waals surface area contributed by atoms with E-state index in [1.165, 1.54) is 0 Å². The lowest BCUT2D eigenvalue weighted by atomic mass is 9.88. The molecular weight excluding hydrogens is 368 g/mol. The molecule has 0 bridgehead atoms. The second-order valence-corrected chi connectivity index (χ2v) is 16.7. The van der Waals surface area contributed by atoms with Gasteiger partial charge in [-0.15, -0.1) is 0 Å². The summed E-state index contributed by atoms with van der Waals surface area (Å²) in [6.45, 7) is 12.1. The zero-order valence-electron chi connectivity index (χ0n) is 17.0. The number of ether oxygens (including phenoxy) is 1. The van der Waals surface area contributed by atoms with Crippen LogP contribution in [0.15, 0.2) is 0 Å². The van der Waals surface area contributed by atoms with Crippen LogP contribution in [0.4, 0.5) is 0 Å². The SMILES string of the molecule is CC(C)(C)[Si](C)(C)OCC1CCC(OC(=O)C[C@@H]2CCS(=O)(=O)C2)CC1. The quantitative estimate of drug-likeness (QED) is 0.495. The van der Waals surface area contributed by atoms with Crippen LogP contribution in [0, 0.1) is 11.8 Å². The maximum Gasteiger partial charge on any atom is 0.306 e. The van der Waals surface area contributed by atoms with Crippen molar-refractivity contribution in [3.05, 3.63) is 0 Å². The maximum atomic E-state index is 12.1. The van der Waals surface area contributed by atoms with E-state index >= 15 is 0 Å². The Morgan fingerprint density at radius 2 is 1.65 bits per heavy atom. The molecule has 0 N–H and O–H groups in total. The zero-order valence-corrected chi connectivity index (χ0v) is 18.9. The van der Waals surface area contributed by atoms with Gasteiger partial charge in [0.05, 0.1) is 11.5 Å². The Labute approximate surface area is 160 Å². The van der Waals surface area contributed by atoms with Gasteiger partial charge >= 0.3 is 5.97 Å². The molecule has 0 amide bonds. The van der Waals surface area contributed by atoms with E-state index < -0.39 is 18.2 Å². The number of sulfone groups is 1. The van der Waals surface area contributed by atoms with Crippen molar-refractivity contribution in [2.75, 3.05) is 18.1 Å². The Kier molecular flexibility index (Phi) is 7.00. The Hall–Kier alpha value is -0.403. The van der Waals surface area contributed by atoms with E-state index in [1.807, 2.05) is 0 Å². The highest BCUT2D eigenvalue weighted by Crippen LogP contribution is 2.38. The molecule has 1 atom stereocenters. The monoisotopic (exact) mass is 404 g/mol. The molecule has 0 radical (unpaired) electrons. The topological polar surface area (TPSA) is 69.7 Å². The Morgan fingerprint density at radius 3 is 2.15 bits per heavy atom. The summed E-state index contributed by atoms with van der Waals surface area (Å²) in [5, 5.41) is 0.230. The van der Waals surface area contributed by atoms with E-state index in [9.17, 15) is 13.2 Å². The smallest absolute Gasteiger partial charge is 0.306 e. The summed E-state index contributed by atoms with van der Waals surface area (Å²) in [7, 11) is -4.63. The number of carbonyl (C=O) groups excluding carboxylic acids is 1. The lowest BCUT2D eigenvalue weighted by Gasteiger charge is -2.38. The maximum absolute atomic E-state index is 12.1. The van der Waals surface area contributed by atoms with Crippen LogP contribution in [-0.2, 0) is 23.8 Å². The van der Waals surface area contributed by atoms with Crippen molar-refractivity contribution in [3.8, 4) is 0 Å². The van der Waals surface area contributed by atoms with Crippen LogP contribution in [0.1, 0.15) is 59.3 Å². The first-order chi connectivity index (χ1) is 11.9. The summed E-state index contributed by atoms with van der Waals surface area (Å²) in [6.07, 6.45) is 4.67. The third-order valence-electron chi connectivity index (χ3n) is 6.36. The molecule has 2 rings (SSSR count). The van der Waals surface area contributed by atoms with Crippen molar-refractivity contribution in [1.29, 1.82) is 0 Å². The van der Waals surface area contributed by atoms with Gasteiger partial charge in [0.1, 0.15) is 6.10 Å². The molecular formula is C19H36O5SSi. The predicted molar refractivity (Wildman–Crippen MR) is 106 cm³/mol. The summed E-state index contributed by atoms with van der Waals surface area (Å²) in [4.78, 5) is 12.1. The Balaban J connectivity index is 1.68. The number of carbonyl (C=O) groups is 1. The zero-order chi connectivity index (χ0) is 19.6. The van der Waals surface area contributed by atoms with Gasteiger partial charge in [-0.25, -0.2) is 8.42 Å². The van der Waals surface area contributed by atoms with E-state index in [1.54, 1.807) is 0 Å². The van der Waals surface area contributed by atoms with E-state index in [0.717, 1.165) is 32.3 Å². The third kappa shape index (κ3) is 6.34. The molecule has 1 saturated carbocycles. The van der Waals surface area contributed by atoms with Crippen molar-refractivity contribution >= 4 is 24.1 Å². The molecule has 5 nitrogen and oxygen atoms in total. The van der Waals surface area contributed by atoms with E-state index in [0.29, 0.717) is 12.3 Å². The fourth-order valence-corrected chi connectivity index (χ4v) is 6.41. The van der Waals surface area contributed by atoms with Crippen LogP contribution in [0.3, 0.4) is 0 Å². The molecule has 0 aromatic heterocycles. The molecule has 2 aliphatic rings. The second kappa shape index (κ2) is 8.31. The molecule has 1 aliphatic carbocycles. The lowest BCUT2D eigenvalue weighted by molar-refractivity contribution is -0.152. The largest absolute Gasteiger partial charge is 0.462 e. The van der Waals surface area contributed by atoms with Crippen molar-refractivity contribution in [2.24, 2.45) is 11.8 Å². The van der Waals surface area contributed by atoms with Gasteiger partial charge < -0.3 is 9.16 Å². The fraction of sp³-hybridized carbons (Fsp3) is 0.947. The van der Waals surface area contributed by atoms with Crippen LogP contribution in [0.5, 0.6) is 0 Å². The standard InChI is InChI=1S/C19H36O5SSi/c1-19(2,3)26(4,5)23-13-15-6-8-17(9-7-15)24-18(20)12-16-10-11-25(21,22)14-16/h15-17H,6-14H2,1-5H3/t15?,16-,17?/m0/s1. The number of esters is 1. The first-order valence-electron chi connectivity index (χ1n) is 9.92. The minimum Gasteiger partial charge on any atom is -0.462 e. The van der Waals surface area contributed by atoms with Gasteiger partial charge in [-0.2, -0.15) is 0 Å². The lowest BCUT2D eigenvalue weighted by Crippen LogP contribution is -2.42. The summed E-state index contributed by atoms with van der Waals surface area (Å²) in [6, 6.07) is 0. The highest BCUT2D eigenvalue weighted by atomic mass is 32.2. The van der Waals surface area contributed by atoms with Crippen molar-refractivity contribution < 1.29 is 22.4 Å². The van der Waals surface area contributed by atoms with E-state index in [-0.39, 0.29) is 41.0 Å². The molecule has 0 unspecified atom stereocenters. The van der Waals surface area contributed by atoms with Gasteiger partial charge in [0.25, 0.3) is 0 Å². The average Bonchev–Trinajstić information content (AvgIpc) is 2.84. The summed E-state index contributed by atoms with van der Waals surface area (Å²) < 4.78 is 34.9. The number of hydrogen-bond donors (Lipinski definition) is 0. The minimum atomic E-state index is -2.93. The first kappa shape index (κ1) is 21.9.